The number of imidazole rings is 1. The maximum Gasteiger partial charge on any atom is 0.157 e. The predicted molar refractivity (Wildman–Crippen MR) is 49.6 cm³/mol. The van der Waals surface area contributed by atoms with Crippen LogP contribution in [0.2, 0.25) is 5.15 Å². The highest BCUT2D eigenvalue weighted by molar-refractivity contribution is 6.32. The van der Waals surface area contributed by atoms with E-state index in [1.807, 2.05) is 18.2 Å². The number of nitrogens with zero attached hydrogens (tertiary/aromatic N) is 3. The van der Waals surface area contributed by atoms with E-state index in [4.69, 9.17) is 16.8 Å². The molecule has 2 rings (SSSR count). The molecule has 2 aromatic heterocycles. The lowest BCUT2D eigenvalue weighted by Gasteiger charge is -1.92. The van der Waals surface area contributed by atoms with Gasteiger partial charge in [0.2, 0.25) is 0 Å². The third kappa shape index (κ3) is 1.25. The summed E-state index contributed by atoms with van der Waals surface area (Å²) in [7, 11) is 0. The second kappa shape index (κ2) is 3.06. The van der Waals surface area contributed by atoms with E-state index in [-0.39, 0.29) is 0 Å². The van der Waals surface area contributed by atoms with Crippen molar-refractivity contribution in [2.24, 2.45) is 5.16 Å². The van der Waals surface area contributed by atoms with Crippen LogP contribution in [0.3, 0.4) is 0 Å². The first-order chi connectivity index (χ1) is 6.33. The van der Waals surface area contributed by atoms with Crippen LogP contribution in [0.5, 0.6) is 0 Å². The highest BCUT2D eigenvalue weighted by Gasteiger charge is 2.06. The molecule has 0 atom stereocenters. The molecule has 66 valence electrons. The summed E-state index contributed by atoms with van der Waals surface area (Å²) in [6.07, 6.45) is 3.05. The summed E-state index contributed by atoms with van der Waals surface area (Å²) in [5.74, 6) is 0. The summed E-state index contributed by atoms with van der Waals surface area (Å²) in [5, 5.41) is 11.6. The van der Waals surface area contributed by atoms with E-state index in [9.17, 15) is 0 Å². The third-order valence-electron chi connectivity index (χ3n) is 1.70. The predicted octanol–water partition coefficient (Wildman–Crippen LogP) is 1.80. The summed E-state index contributed by atoms with van der Waals surface area (Å²) < 4.78 is 1.74. The molecule has 0 aromatic carbocycles. The molecular formula is C8H6ClN3O. The second-order valence-electron chi connectivity index (χ2n) is 2.46. The topological polar surface area (TPSA) is 49.9 Å². The Kier molecular flexibility index (Phi) is 1.90. The van der Waals surface area contributed by atoms with Crippen molar-refractivity contribution in [2.45, 2.75) is 0 Å². The van der Waals surface area contributed by atoms with Gasteiger partial charge in [0, 0.05) is 6.20 Å². The first-order valence-corrected chi connectivity index (χ1v) is 4.01. The molecule has 0 amide bonds. The van der Waals surface area contributed by atoms with Gasteiger partial charge >= 0.3 is 0 Å². The lowest BCUT2D eigenvalue weighted by Crippen LogP contribution is -1.90. The molecular weight excluding hydrogens is 190 g/mol. The van der Waals surface area contributed by atoms with E-state index in [1.165, 1.54) is 6.21 Å². The molecule has 0 bridgehead atoms. The van der Waals surface area contributed by atoms with Gasteiger partial charge in [0.15, 0.2) is 5.15 Å². The maximum atomic E-state index is 8.39. The number of fused-ring (bicyclic) bond motifs is 1. The van der Waals surface area contributed by atoms with Crippen molar-refractivity contribution in [3.63, 3.8) is 0 Å². The van der Waals surface area contributed by atoms with Crippen LogP contribution in [0.4, 0.5) is 0 Å². The van der Waals surface area contributed by atoms with Crippen molar-refractivity contribution >= 4 is 23.5 Å². The fourth-order valence-electron chi connectivity index (χ4n) is 1.16. The minimum absolute atomic E-state index is 0.323. The molecule has 0 saturated heterocycles. The van der Waals surface area contributed by atoms with Gasteiger partial charge in [-0.15, -0.1) is 0 Å². The van der Waals surface area contributed by atoms with E-state index < -0.39 is 0 Å². The average Bonchev–Trinajstić information content (AvgIpc) is 2.44. The normalized spacial score (nSPS) is 11.5. The zero-order valence-corrected chi connectivity index (χ0v) is 7.31. The van der Waals surface area contributed by atoms with Crippen molar-refractivity contribution in [3.8, 4) is 0 Å². The molecule has 0 aliphatic rings. The van der Waals surface area contributed by atoms with Crippen LogP contribution in [-0.2, 0) is 0 Å². The van der Waals surface area contributed by atoms with Crippen LogP contribution in [0, 0.1) is 0 Å². The molecule has 2 aromatic rings. The van der Waals surface area contributed by atoms with Gasteiger partial charge in [-0.3, -0.25) is 4.40 Å². The van der Waals surface area contributed by atoms with Gasteiger partial charge in [0.25, 0.3) is 0 Å². The number of oxime groups is 1. The fraction of sp³-hybridized carbons (Fsp3) is 0. The largest absolute Gasteiger partial charge is 0.411 e. The van der Waals surface area contributed by atoms with Crippen LogP contribution in [-0.4, -0.2) is 20.8 Å². The fourth-order valence-corrected chi connectivity index (χ4v) is 1.38. The van der Waals surface area contributed by atoms with Gasteiger partial charge in [-0.05, 0) is 12.1 Å². The summed E-state index contributed by atoms with van der Waals surface area (Å²) in [6.45, 7) is 0. The van der Waals surface area contributed by atoms with E-state index in [0.29, 0.717) is 10.8 Å². The van der Waals surface area contributed by atoms with Crippen LogP contribution < -0.4 is 0 Å². The maximum absolute atomic E-state index is 8.39. The van der Waals surface area contributed by atoms with Gasteiger partial charge in [0.1, 0.15) is 11.3 Å². The average molecular weight is 196 g/mol. The first kappa shape index (κ1) is 8.07. The second-order valence-corrected chi connectivity index (χ2v) is 2.82. The molecule has 0 unspecified atom stereocenters. The standard InChI is InChI=1S/C8H6ClN3O/c9-8-6(5-10-13)12-4-2-1-3-7(12)11-8/h1-5,13H. The Labute approximate surface area is 79.1 Å². The van der Waals surface area contributed by atoms with Crippen LogP contribution in [0.25, 0.3) is 5.65 Å². The third-order valence-corrected chi connectivity index (χ3v) is 1.98. The molecule has 13 heavy (non-hydrogen) atoms. The van der Waals surface area contributed by atoms with Crippen molar-refractivity contribution in [2.75, 3.05) is 0 Å². The zero-order valence-electron chi connectivity index (χ0n) is 6.55. The number of pyridine rings is 1. The van der Waals surface area contributed by atoms with Gasteiger partial charge in [-0.1, -0.05) is 22.8 Å². The molecule has 0 aliphatic heterocycles. The van der Waals surface area contributed by atoms with Gasteiger partial charge in [0.05, 0.1) is 6.21 Å². The van der Waals surface area contributed by atoms with Crippen LogP contribution in [0.1, 0.15) is 5.69 Å². The van der Waals surface area contributed by atoms with Gasteiger partial charge in [-0.25, -0.2) is 4.98 Å². The Morgan fingerprint density at radius 1 is 1.54 bits per heavy atom. The number of halogens is 1. The Hall–Kier alpha value is -1.55. The Morgan fingerprint density at radius 2 is 2.38 bits per heavy atom. The van der Waals surface area contributed by atoms with E-state index >= 15 is 0 Å². The summed E-state index contributed by atoms with van der Waals surface area (Å²) in [5.41, 5.74) is 1.29. The van der Waals surface area contributed by atoms with Crippen molar-refractivity contribution in [1.29, 1.82) is 0 Å². The minimum atomic E-state index is 0.323. The van der Waals surface area contributed by atoms with Crippen LogP contribution >= 0.6 is 11.6 Å². The minimum Gasteiger partial charge on any atom is -0.411 e. The zero-order chi connectivity index (χ0) is 9.26. The van der Waals surface area contributed by atoms with E-state index in [1.54, 1.807) is 10.6 Å². The molecule has 0 fully saturated rings. The molecule has 0 aliphatic carbocycles. The molecule has 0 radical (unpaired) electrons. The molecule has 5 heteroatoms. The highest BCUT2D eigenvalue weighted by atomic mass is 35.5. The monoisotopic (exact) mass is 195 g/mol. The van der Waals surface area contributed by atoms with Crippen molar-refractivity contribution in [3.05, 3.63) is 35.2 Å². The molecule has 0 spiro atoms. The van der Waals surface area contributed by atoms with Gasteiger partial charge in [-0.2, -0.15) is 0 Å². The summed E-state index contributed by atoms with van der Waals surface area (Å²) in [6, 6.07) is 5.53. The number of hydrogen-bond donors (Lipinski definition) is 1. The summed E-state index contributed by atoms with van der Waals surface area (Å²) >= 11 is 5.81. The summed E-state index contributed by atoms with van der Waals surface area (Å²) in [4.78, 5) is 4.06. The smallest absolute Gasteiger partial charge is 0.157 e. The number of aromatic nitrogens is 2. The Bertz CT molecular complexity index is 463. The lowest BCUT2D eigenvalue weighted by atomic mass is 10.4. The first-order valence-electron chi connectivity index (χ1n) is 3.63. The highest BCUT2D eigenvalue weighted by Crippen LogP contribution is 2.15. The van der Waals surface area contributed by atoms with Crippen molar-refractivity contribution < 1.29 is 5.21 Å². The SMILES string of the molecule is ON=Cc1c(Cl)nc2ccccn12. The van der Waals surface area contributed by atoms with E-state index in [2.05, 4.69) is 10.1 Å². The van der Waals surface area contributed by atoms with Crippen molar-refractivity contribution in [1.82, 2.24) is 9.38 Å². The lowest BCUT2D eigenvalue weighted by molar-refractivity contribution is 0.321. The number of hydrogen-bond acceptors (Lipinski definition) is 3. The Balaban J connectivity index is 2.78. The quantitative estimate of drug-likeness (QED) is 0.429. The molecule has 4 nitrogen and oxygen atoms in total. The van der Waals surface area contributed by atoms with Gasteiger partial charge < -0.3 is 5.21 Å². The molecule has 0 saturated carbocycles. The van der Waals surface area contributed by atoms with Crippen LogP contribution in [0.15, 0.2) is 29.6 Å². The molecule has 1 N–H and O–H groups in total. The van der Waals surface area contributed by atoms with E-state index in [0.717, 1.165) is 5.65 Å². The Morgan fingerprint density at radius 3 is 3.15 bits per heavy atom. The number of rotatable bonds is 1. The molecule has 2 heterocycles.